The predicted molar refractivity (Wildman–Crippen MR) is 64.9 cm³/mol. The number of hydrogen-bond donors (Lipinski definition) is 1. The van der Waals surface area contributed by atoms with Crippen molar-refractivity contribution >= 4 is 0 Å². The van der Waals surface area contributed by atoms with Crippen molar-refractivity contribution in [1.29, 1.82) is 0 Å². The van der Waals surface area contributed by atoms with Gasteiger partial charge in [0.25, 0.3) is 0 Å². The van der Waals surface area contributed by atoms with E-state index in [1.807, 2.05) is 0 Å². The van der Waals surface area contributed by atoms with E-state index in [9.17, 15) is 5.11 Å². The Bertz CT molecular complexity index is 155. The van der Waals surface area contributed by atoms with E-state index in [-0.39, 0.29) is 0 Å². The lowest BCUT2D eigenvalue weighted by Crippen LogP contribution is -2.33. The maximum atomic E-state index is 9.29. The highest BCUT2D eigenvalue weighted by atomic mass is 16.3. The summed E-state index contributed by atoms with van der Waals surface area (Å²) >= 11 is 0. The Hall–Kier alpha value is -0.0800. The number of hydrogen-bond acceptors (Lipinski definition) is 2. The Morgan fingerprint density at radius 1 is 1.07 bits per heavy atom. The van der Waals surface area contributed by atoms with Gasteiger partial charge in [-0.15, -0.1) is 0 Å². The van der Waals surface area contributed by atoms with Crippen molar-refractivity contribution in [1.82, 2.24) is 4.90 Å². The van der Waals surface area contributed by atoms with Crippen molar-refractivity contribution in [3.63, 3.8) is 0 Å². The van der Waals surface area contributed by atoms with Crippen LogP contribution in [0.15, 0.2) is 0 Å². The second-order valence-corrected chi connectivity index (χ2v) is 4.93. The molecule has 0 spiro atoms. The van der Waals surface area contributed by atoms with Crippen LogP contribution in [0.25, 0.3) is 0 Å². The highest BCUT2D eigenvalue weighted by molar-refractivity contribution is 4.79. The molecule has 15 heavy (non-hydrogen) atoms. The first-order valence-electron chi connectivity index (χ1n) is 6.65. The summed E-state index contributed by atoms with van der Waals surface area (Å²) in [6.45, 7) is 8.57. The zero-order valence-corrected chi connectivity index (χ0v) is 10.4. The minimum Gasteiger partial charge on any atom is -0.396 e. The van der Waals surface area contributed by atoms with Gasteiger partial charge in [0, 0.05) is 13.2 Å². The summed E-state index contributed by atoms with van der Waals surface area (Å²) in [5.41, 5.74) is 0. The molecule has 0 heterocycles. The average Bonchev–Trinajstić information content (AvgIpc) is 2.66. The minimum atomic E-state index is 0.400. The van der Waals surface area contributed by atoms with E-state index < -0.39 is 0 Å². The first-order chi connectivity index (χ1) is 7.31. The van der Waals surface area contributed by atoms with Crippen molar-refractivity contribution in [2.75, 3.05) is 26.2 Å². The van der Waals surface area contributed by atoms with Crippen LogP contribution in [0.3, 0.4) is 0 Å². The van der Waals surface area contributed by atoms with Crippen LogP contribution in [0.5, 0.6) is 0 Å². The molecule has 2 nitrogen and oxygen atoms in total. The molecule has 1 fully saturated rings. The highest BCUT2D eigenvalue weighted by Gasteiger charge is 2.27. The molecule has 0 bridgehead atoms. The Kier molecular flexibility index (Phi) is 6.26. The van der Waals surface area contributed by atoms with Gasteiger partial charge < -0.3 is 10.0 Å². The van der Waals surface area contributed by atoms with Crippen LogP contribution in [-0.4, -0.2) is 36.2 Å². The van der Waals surface area contributed by atoms with E-state index in [0.717, 1.165) is 5.92 Å². The van der Waals surface area contributed by atoms with Gasteiger partial charge in [0.1, 0.15) is 0 Å². The number of rotatable bonds is 7. The standard InChI is InChI=1S/C13H27NO/c1-3-8-14(9-4-2)10-12-6-5-7-13(12)11-15/h12-13,15H,3-11H2,1-2H3. The summed E-state index contributed by atoms with van der Waals surface area (Å²) in [6.07, 6.45) is 6.39. The fourth-order valence-electron chi connectivity index (χ4n) is 2.85. The number of aliphatic hydroxyl groups is 1. The zero-order chi connectivity index (χ0) is 11.1. The molecule has 2 atom stereocenters. The molecule has 0 aromatic rings. The molecule has 0 aromatic heterocycles. The molecule has 0 saturated heterocycles. The third kappa shape index (κ3) is 4.12. The van der Waals surface area contributed by atoms with Crippen LogP contribution in [0, 0.1) is 11.8 Å². The quantitative estimate of drug-likeness (QED) is 0.702. The third-order valence-electron chi connectivity index (χ3n) is 3.62. The van der Waals surface area contributed by atoms with E-state index in [1.165, 1.54) is 51.7 Å². The second-order valence-electron chi connectivity index (χ2n) is 4.93. The predicted octanol–water partition coefficient (Wildman–Crippen LogP) is 2.52. The van der Waals surface area contributed by atoms with Gasteiger partial charge in [0.15, 0.2) is 0 Å². The molecule has 1 aliphatic rings. The van der Waals surface area contributed by atoms with E-state index in [1.54, 1.807) is 0 Å². The van der Waals surface area contributed by atoms with Gasteiger partial charge in [-0.3, -0.25) is 0 Å². The summed E-state index contributed by atoms with van der Waals surface area (Å²) < 4.78 is 0. The lowest BCUT2D eigenvalue weighted by molar-refractivity contribution is 0.152. The van der Waals surface area contributed by atoms with E-state index in [0.29, 0.717) is 12.5 Å². The molecular weight excluding hydrogens is 186 g/mol. The summed E-state index contributed by atoms with van der Waals surface area (Å²) in [4.78, 5) is 2.58. The van der Waals surface area contributed by atoms with Gasteiger partial charge in [0.05, 0.1) is 0 Å². The van der Waals surface area contributed by atoms with Crippen LogP contribution in [0.1, 0.15) is 46.0 Å². The van der Waals surface area contributed by atoms with Crippen molar-refractivity contribution in [2.24, 2.45) is 11.8 Å². The number of aliphatic hydroxyl groups excluding tert-OH is 1. The van der Waals surface area contributed by atoms with Crippen LogP contribution in [0.4, 0.5) is 0 Å². The second kappa shape index (κ2) is 7.24. The molecule has 0 radical (unpaired) electrons. The SMILES string of the molecule is CCCN(CCC)CC1CCCC1CO. The molecule has 1 N–H and O–H groups in total. The zero-order valence-electron chi connectivity index (χ0n) is 10.4. The molecular formula is C13H27NO. The van der Waals surface area contributed by atoms with Crippen molar-refractivity contribution in [3.05, 3.63) is 0 Å². The van der Waals surface area contributed by atoms with Crippen molar-refractivity contribution in [3.8, 4) is 0 Å². The fraction of sp³-hybridized carbons (Fsp3) is 1.00. The maximum Gasteiger partial charge on any atom is 0.0462 e. The average molecular weight is 213 g/mol. The lowest BCUT2D eigenvalue weighted by atomic mass is 9.96. The van der Waals surface area contributed by atoms with Crippen molar-refractivity contribution < 1.29 is 5.11 Å². The molecule has 0 aliphatic heterocycles. The molecule has 0 amide bonds. The Balaban J connectivity index is 2.35. The van der Waals surface area contributed by atoms with E-state index >= 15 is 0 Å². The summed E-state index contributed by atoms with van der Waals surface area (Å²) in [5.74, 6) is 1.34. The van der Waals surface area contributed by atoms with E-state index in [4.69, 9.17) is 0 Å². The van der Waals surface area contributed by atoms with E-state index in [2.05, 4.69) is 18.7 Å². The van der Waals surface area contributed by atoms with Crippen LogP contribution >= 0.6 is 0 Å². The molecule has 2 unspecified atom stereocenters. The molecule has 90 valence electrons. The van der Waals surface area contributed by atoms with Gasteiger partial charge in [-0.1, -0.05) is 20.3 Å². The largest absolute Gasteiger partial charge is 0.396 e. The fourth-order valence-corrected chi connectivity index (χ4v) is 2.85. The van der Waals surface area contributed by atoms with Crippen LogP contribution in [0.2, 0.25) is 0 Å². The van der Waals surface area contributed by atoms with Gasteiger partial charge in [0.2, 0.25) is 0 Å². The van der Waals surface area contributed by atoms with Gasteiger partial charge in [-0.05, 0) is 50.6 Å². The minimum absolute atomic E-state index is 0.400. The van der Waals surface area contributed by atoms with Gasteiger partial charge >= 0.3 is 0 Å². The van der Waals surface area contributed by atoms with Gasteiger partial charge in [-0.25, -0.2) is 0 Å². The molecule has 1 saturated carbocycles. The Labute approximate surface area is 94.7 Å². The Morgan fingerprint density at radius 2 is 1.67 bits per heavy atom. The first-order valence-corrected chi connectivity index (χ1v) is 6.65. The molecule has 1 rings (SSSR count). The first kappa shape index (κ1) is 13.0. The smallest absolute Gasteiger partial charge is 0.0462 e. The van der Waals surface area contributed by atoms with Gasteiger partial charge in [-0.2, -0.15) is 0 Å². The lowest BCUT2D eigenvalue weighted by Gasteiger charge is -2.27. The summed E-state index contributed by atoms with van der Waals surface area (Å²) in [7, 11) is 0. The third-order valence-corrected chi connectivity index (χ3v) is 3.62. The maximum absolute atomic E-state index is 9.29. The summed E-state index contributed by atoms with van der Waals surface area (Å²) in [6, 6.07) is 0. The highest BCUT2D eigenvalue weighted by Crippen LogP contribution is 2.31. The van der Waals surface area contributed by atoms with Crippen LogP contribution < -0.4 is 0 Å². The van der Waals surface area contributed by atoms with Crippen molar-refractivity contribution in [2.45, 2.75) is 46.0 Å². The Morgan fingerprint density at radius 3 is 2.20 bits per heavy atom. The molecule has 1 aliphatic carbocycles. The summed E-state index contributed by atoms with van der Waals surface area (Å²) in [5, 5.41) is 9.29. The monoisotopic (exact) mass is 213 g/mol. The topological polar surface area (TPSA) is 23.5 Å². The normalized spacial score (nSPS) is 26.4. The molecule has 2 heteroatoms. The van der Waals surface area contributed by atoms with Crippen LogP contribution in [-0.2, 0) is 0 Å². The number of nitrogens with zero attached hydrogens (tertiary/aromatic N) is 1. The molecule has 0 aromatic carbocycles.